The lowest BCUT2D eigenvalue weighted by molar-refractivity contribution is 0.0721. The van der Waals surface area contributed by atoms with E-state index in [1.54, 1.807) is 19.9 Å². The zero-order valence-corrected chi connectivity index (χ0v) is 5.52. The molecule has 0 amide bonds. The van der Waals surface area contributed by atoms with Crippen LogP contribution in [-0.2, 0) is 0 Å². The monoisotopic (exact) mass is 113 g/mol. The van der Waals surface area contributed by atoms with Gasteiger partial charge in [-0.05, 0) is 26.7 Å². The zero-order chi connectivity index (χ0) is 6.62. The van der Waals surface area contributed by atoms with Crippen LogP contribution in [0.3, 0.4) is 0 Å². The van der Waals surface area contributed by atoms with Crippen molar-refractivity contribution < 1.29 is 5.11 Å². The molecule has 1 nitrogen and oxygen atoms in total. The third-order valence-corrected chi connectivity index (χ3v) is 0.923. The van der Waals surface area contributed by atoms with Crippen molar-refractivity contribution in [3.05, 3.63) is 12.7 Å². The van der Waals surface area contributed by atoms with E-state index < -0.39 is 5.60 Å². The minimum atomic E-state index is -0.560. The van der Waals surface area contributed by atoms with Crippen molar-refractivity contribution in [3.8, 4) is 0 Å². The minimum Gasteiger partial charge on any atom is -0.390 e. The van der Waals surface area contributed by atoms with Crippen molar-refractivity contribution in [2.24, 2.45) is 0 Å². The molecule has 0 unspecified atom stereocenters. The van der Waals surface area contributed by atoms with Crippen LogP contribution in [0.25, 0.3) is 0 Å². The Kier molecular flexibility index (Phi) is 2.77. The summed E-state index contributed by atoms with van der Waals surface area (Å²) in [5.74, 6) is 0. The first-order valence-electron chi connectivity index (χ1n) is 2.82. The van der Waals surface area contributed by atoms with Crippen molar-refractivity contribution >= 4 is 0 Å². The average Bonchev–Trinajstić information content (AvgIpc) is 1.59. The summed E-state index contributed by atoms with van der Waals surface area (Å²) in [6.45, 7) is 8.65. The lowest BCUT2D eigenvalue weighted by Crippen LogP contribution is -2.17. The highest BCUT2D eigenvalue weighted by molar-refractivity contribution is 4.71. The van der Waals surface area contributed by atoms with Gasteiger partial charge in [0.05, 0.1) is 5.60 Å². The van der Waals surface area contributed by atoms with E-state index in [1.165, 1.54) is 0 Å². The largest absolute Gasteiger partial charge is 0.390 e. The fourth-order valence-electron chi connectivity index (χ4n) is 0.437. The lowest BCUT2D eigenvalue weighted by atomic mass is 10.0. The first-order chi connectivity index (χ1) is 3.56. The number of aliphatic hydroxyl groups is 1. The highest BCUT2D eigenvalue weighted by atomic mass is 16.3. The Morgan fingerprint density at radius 3 is 2.25 bits per heavy atom. The van der Waals surface area contributed by atoms with Gasteiger partial charge in [-0.25, -0.2) is 0 Å². The first-order valence-corrected chi connectivity index (χ1v) is 2.82. The van der Waals surface area contributed by atoms with Crippen LogP contribution < -0.4 is 0 Å². The third-order valence-electron chi connectivity index (χ3n) is 0.923. The Labute approximate surface area is 51.0 Å². The number of allylic oxidation sites excluding steroid dienone is 1. The molecule has 0 atom stereocenters. The molecular formula is C7H13O. The van der Waals surface area contributed by atoms with E-state index in [4.69, 9.17) is 11.7 Å². The Bertz CT molecular complexity index is 68.9. The highest BCUT2D eigenvalue weighted by Gasteiger charge is 2.09. The Balaban J connectivity index is 3.24. The van der Waals surface area contributed by atoms with E-state index in [-0.39, 0.29) is 0 Å². The fraction of sp³-hybridized carbons (Fsp3) is 0.714. The third kappa shape index (κ3) is 5.70. The molecule has 0 bridgehead atoms. The lowest BCUT2D eigenvalue weighted by Gasteiger charge is -2.14. The SMILES string of the molecule is [CH]=CCCC(C)(C)O. The molecule has 47 valence electrons. The summed E-state index contributed by atoms with van der Waals surface area (Å²) >= 11 is 0. The van der Waals surface area contributed by atoms with Gasteiger partial charge in [-0.15, -0.1) is 0 Å². The molecule has 0 saturated carbocycles. The summed E-state index contributed by atoms with van der Waals surface area (Å²) in [5, 5.41) is 9.07. The normalized spacial score (nSPS) is 11.4. The molecule has 0 rings (SSSR count). The molecule has 0 aromatic carbocycles. The first kappa shape index (κ1) is 7.70. The van der Waals surface area contributed by atoms with Crippen LogP contribution >= 0.6 is 0 Å². The average molecular weight is 113 g/mol. The summed E-state index contributed by atoms with van der Waals surface area (Å²) in [5.41, 5.74) is -0.560. The van der Waals surface area contributed by atoms with Crippen molar-refractivity contribution in [1.29, 1.82) is 0 Å². The van der Waals surface area contributed by atoms with Crippen LogP contribution in [0.15, 0.2) is 6.08 Å². The maximum absolute atomic E-state index is 9.07. The van der Waals surface area contributed by atoms with Gasteiger partial charge >= 0.3 is 0 Å². The molecule has 8 heavy (non-hydrogen) atoms. The molecule has 0 aromatic rings. The van der Waals surface area contributed by atoms with E-state index in [1.807, 2.05) is 0 Å². The molecule has 1 N–H and O–H groups in total. The van der Waals surface area contributed by atoms with Crippen LogP contribution in [0.1, 0.15) is 26.7 Å². The van der Waals surface area contributed by atoms with E-state index in [0.717, 1.165) is 12.8 Å². The molecule has 0 fully saturated rings. The van der Waals surface area contributed by atoms with Gasteiger partial charge < -0.3 is 5.11 Å². The predicted molar refractivity (Wildman–Crippen MR) is 34.4 cm³/mol. The maximum atomic E-state index is 9.07. The summed E-state index contributed by atoms with van der Waals surface area (Å²) in [4.78, 5) is 0. The van der Waals surface area contributed by atoms with E-state index in [9.17, 15) is 0 Å². The van der Waals surface area contributed by atoms with Gasteiger partial charge in [-0.2, -0.15) is 0 Å². The molecule has 0 aromatic heterocycles. The van der Waals surface area contributed by atoms with Gasteiger partial charge in [0, 0.05) is 0 Å². The van der Waals surface area contributed by atoms with Crippen molar-refractivity contribution in [2.75, 3.05) is 0 Å². The van der Waals surface area contributed by atoms with Gasteiger partial charge in [0.2, 0.25) is 0 Å². The van der Waals surface area contributed by atoms with Gasteiger partial charge in [0.1, 0.15) is 0 Å². The molecule has 1 radical (unpaired) electrons. The standard InChI is InChI=1S/C7H13O/c1-4-5-6-7(2,3)8/h1,4,8H,5-6H2,2-3H3. The van der Waals surface area contributed by atoms with Crippen molar-refractivity contribution in [3.63, 3.8) is 0 Å². The van der Waals surface area contributed by atoms with Gasteiger partial charge in [0.25, 0.3) is 0 Å². The second kappa shape index (κ2) is 2.88. The molecule has 0 aliphatic rings. The molecule has 0 heterocycles. The highest BCUT2D eigenvalue weighted by Crippen LogP contribution is 2.09. The minimum absolute atomic E-state index is 0.560. The smallest absolute Gasteiger partial charge is 0.0594 e. The van der Waals surface area contributed by atoms with Crippen LogP contribution in [0.5, 0.6) is 0 Å². The van der Waals surface area contributed by atoms with Gasteiger partial charge in [-0.1, -0.05) is 12.7 Å². The molecule has 0 aliphatic carbocycles. The quantitative estimate of drug-likeness (QED) is 0.588. The fourth-order valence-corrected chi connectivity index (χ4v) is 0.437. The number of hydrogen-bond donors (Lipinski definition) is 1. The Morgan fingerprint density at radius 1 is 1.62 bits per heavy atom. The van der Waals surface area contributed by atoms with Crippen LogP contribution in [0.2, 0.25) is 0 Å². The molecular weight excluding hydrogens is 100 g/mol. The van der Waals surface area contributed by atoms with Gasteiger partial charge in [0.15, 0.2) is 0 Å². The van der Waals surface area contributed by atoms with Crippen molar-refractivity contribution in [1.82, 2.24) is 0 Å². The second-order valence-corrected chi connectivity index (χ2v) is 2.59. The molecule has 0 aliphatic heterocycles. The molecule has 0 saturated heterocycles. The predicted octanol–water partition coefficient (Wildman–Crippen LogP) is 1.53. The van der Waals surface area contributed by atoms with E-state index >= 15 is 0 Å². The summed E-state index contributed by atoms with van der Waals surface area (Å²) in [6, 6.07) is 0. The van der Waals surface area contributed by atoms with Crippen LogP contribution in [0, 0.1) is 6.58 Å². The molecule has 1 heteroatoms. The molecule has 0 spiro atoms. The van der Waals surface area contributed by atoms with E-state index in [0.29, 0.717) is 0 Å². The van der Waals surface area contributed by atoms with Crippen molar-refractivity contribution in [2.45, 2.75) is 32.3 Å². The Hall–Kier alpha value is -0.300. The summed E-state index contributed by atoms with van der Waals surface area (Å²) in [7, 11) is 0. The van der Waals surface area contributed by atoms with Crippen LogP contribution in [0.4, 0.5) is 0 Å². The topological polar surface area (TPSA) is 20.2 Å². The van der Waals surface area contributed by atoms with Crippen LogP contribution in [-0.4, -0.2) is 10.7 Å². The maximum Gasteiger partial charge on any atom is 0.0594 e. The summed E-state index contributed by atoms with van der Waals surface area (Å²) < 4.78 is 0. The number of rotatable bonds is 3. The zero-order valence-electron chi connectivity index (χ0n) is 5.52. The van der Waals surface area contributed by atoms with Gasteiger partial charge in [-0.3, -0.25) is 0 Å². The summed E-state index contributed by atoms with van der Waals surface area (Å²) in [6.07, 6.45) is 3.09. The Morgan fingerprint density at radius 2 is 2.12 bits per heavy atom. The second-order valence-electron chi connectivity index (χ2n) is 2.59. The number of hydrogen-bond acceptors (Lipinski definition) is 1. The van der Waals surface area contributed by atoms with E-state index in [2.05, 4.69) is 0 Å².